The van der Waals surface area contributed by atoms with E-state index < -0.39 is 4.92 Å². The molecule has 0 spiro atoms. The molecule has 1 unspecified atom stereocenters. The van der Waals surface area contributed by atoms with Gasteiger partial charge >= 0.3 is 0 Å². The Morgan fingerprint density at radius 1 is 1.23 bits per heavy atom. The van der Waals surface area contributed by atoms with Gasteiger partial charge in [-0.1, -0.05) is 30.3 Å². The number of nitro groups is 1. The van der Waals surface area contributed by atoms with Crippen molar-refractivity contribution in [3.8, 4) is 0 Å². The SMILES string of the molecule is CC(CO)Nc1ccc(C(=O)c2ccccc2)cc1[N+](=O)[O-]. The molecule has 2 aromatic carbocycles. The molecule has 0 fully saturated rings. The molecule has 2 aromatic rings. The average molecular weight is 300 g/mol. The number of anilines is 1. The van der Waals surface area contributed by atoms with E-state index in [1.807, 2.05) is 0 Å². The third-order valence-electron chi connectivity index (χ3n) is 3.17. The topological polar surface area (TPSA) is 92.5 Å². The fourth-order valence-corrected chi connectivity index (χ4v) is 2.01. The van der Waals surface area contributed by atoms with Crippen LogP contribution in [0, 0.1) is 10.1 Å². The zero-order valence-electron chi connectivity index (χ0n) is 12.0. The molecule has 0 radical (unpaired) electrons. The van der Waals surface area contributed by atoms with Crippen LogP contribution in [-0.4, -0.2) is 28.5 Å². The number of aliphatic hydroxyl groups is 1. The number of ketones is 1. The number of nitrogens with zero attached hydrogens (tertiary/aromatic N) is 1. The number of aliphatic hydroxyl groups excluding tert-OH is 1. The second kappa shape index (κ2) is 6.82. The normalized spacial score (nSPS) is 11.7. The van der Waals surface area contributed by atoms with Crippen molar-refractivity contribution in [3.63, 3.8) is 0 Å². The molecular weight excluding hydrogens is 284 g/mol. The number of benzene rings is 2. The van der Waals surface area contributed by atoms with Crippen molar-refractivity contribution >= 4 is 17.2 Å². The van der Waals surface area contributed by atoms with Crippen LogP contribution in [0.2, 0.25) is 0 Å². The highest BCUT2D eigenvalue weighted by molar-refractivity contribution is 6.09. The lowest BCUT2D eigenvalue weighted by Gasteiger charge is -2.13. The Labute approximate surface area is 127 Å². The Hall–Kier alpha value is -2.73. The maximum Gasteiger partial charge on any atom is 0.293 e. The van der Waals surface area contributed by atoms with Crippen molar-refractivity contribution in [2.75, 3.05) is 11.9 Å². The quantitative estimate of drug-likeness (QED) is 0.486. The van der Waals surface area contributed by atoms with Crippen LogP contribution in [-0.2, 0) is 0 Å². The molecule has 0 heterocycles. The highest BCUT2D eigenvalue weighted by Crippen LogP contribution is 2.27. The maximum absolute atomic E-state index is 12.3. The molecule has 0 aliphatic carbocycles. The molecule has 0 aliphatic heterocycles. The van der Waals surface area contributed by atoms with E-state index >= 15 is 0 Å². The molecule has 6 heteroatoms. The number of nitrogens with one attached hydrogen (secondary N) is 1. The van der Waals surface area contributed by atoms with Crippen LogP contribution in [0.5, 0.6) is 0 Å². The first-order chi connectivity index (χ1) is 10.5. The molecular formula is C16H16N2O4. The Morgan fingerprint density at radius 2 is 1.91 bits per heavy atom. The summed E-state index contributed by atoms with van der Waals surface area (Å²) in [4.78, 5) is 23.0. The van der Waals surface area contributed by atoms with E-state index in [2.05, 4.69) is 5.32 Å². The maximum atomic E-state index is 12.3. The number of hydrogen-bond acceptors (Lipinski definition) is 5. The molecule has 6 nitrogen and oxygen atoms in total. The van der Waals surface area contributed by atoms with Gasteiger partial charge in [0.15, 0.2) is 5.78 Å². The van der Waals surface area contributed by atoms with E-state index in [0.717, 1.165) is 0 Å². The summed E-state index contributed by atoms with van der Waals surface area (Å²) in [5, 5.41) is 23.1. The second-order valence-electron chi connectivity index (χ2n) is 4.91. The van der Waals surface area contributed by atoms with Gasteiger partial charge in [-0.25, -0.2) is 0 Å². The summed E-state index contributed by atoms with van der Waals surface area (Å²) in [5.74, 6) is -0.273. The van der Waals surface area contributed by atoms with Crippen LogP contribution < -0.4 is 5.32 Å². The van der Waals surface area contributed by atoms with E-state index in [1.165, 1.54) is 18.2 Å². The van der Waals surface area contributed by atoms with E-state index in [0.29, 0.717) is 5.56 Å². The third kappa shape index (κ3) is 3.48. The molecule has 0 bridgehead atoms. The minimum Gasteiger partial charge on any atom is -0.394 e. The number of hydrogen-bond donors (Lipinski definition) is 2. The minimum absolute atomic E-state index is 0.151. The summed E-state index contributed by atoms with van der Waals surface area (Å²) >= 11 is 0. The molecule has 22 heavy (non-hydrogen) atoms. The fraction of sp³-hybridized carbons (Fsp3) is 0.188. The van der Waals surface area contributed by atoms with Crippen LogP contribution in [0.4, 0.5) is 11.4 Å². The fourth-order valence-electron chi connectivity index (χ4n) is 2.01. The van der Waals surface area contributed by atoms with Gasteiger partial charge in [-0.3, -0.25) is 14.9 Å². The molecule has 0 aliphatic rings. The molecule has 2 rings (SSSR count). The van der Waals surface area contributed by atoms with E-state index in [-0.39, 0.29) is 35.4 Å². The van der Waals surface area contributed by atoms with Gasteiger partial charge < -0.3 is 10.4 Å². The standard InChI is InChI=1S/C16H16N2O4/c1-11(10-19)17-14-8-7-13(9-15(14)18(21)22)16(20)12-5-3-2-4-6-12/h2-9,11,17,19H,10H2,1H3. The van der Waals surface area contributed by atoms with Crippen LogP contribution >= 0.6 is 0 Å². The Balaban J connectivity index is 2.37. The highest BCUT2D eigenvalue weighted by Gasteiger charge is 2.19. The largest absolute Gasteiger partial charge is 0.394 e. The van der Waals surface area contributed by atoms with Gasteiger partial charge in [0.1, 0.15) is 5.69 Å². The average Bonchev–Trinajstić information content (AvgIpc) is 2.55. The van der Waals surface area contributed by atoms with Gasteiger partial charge in [0.2, 0.25) is 0 Å². The van der Waals surface area contributed by atoms with Crippen molar-refractivity contribution in [1.29, 1.82) is 0 Å². The van der Waals surface area contributed by atoms with E-state index in [1.54, 1.807) is 37.3 Å². The number of carbonyl (C=O) groups excluding carboxylic acids is 1. The van der Waals surface area contributed by atoms with Crippen LogP contribution in [0.3, 0.4) is 0 Å². The van der Waals surface area contributed by atoms with Crippen molar-refractivity contribution in [1.82, 2.24) is 0 Å². The summed E-state index contributed by atoms with van der Waals surface area (Å²) in [6.45, 7) is 1.55. The summed E-state index contributed by atoms with van der Waals surface area (Å²) < 4.78 is 0. The van der Waals surface area contributed by atoms with Crippen molar-refractivity contribution < 1.29 is 14.8 Å². The lowest BCUT2D eigenvalue weighted by molar-refractivity contribution is -0.384. The smallest absolute Gasteiger partial charge is 0.293 e. The summed E-state index contributed by atoms with van der Waals surface area (Å²) in [6.07, 6.45) is 0. The Bertz CT molecular complexity index is 686. The summed E-state index contributed by atoms with van der Waals surface area (Å²) in [5.41, 5.74) is 0.805. The third-order valence-corrected chi connectivity index (χ3v) is 3.17. The molecule has 114 valence electrons. The lowest BCUT2D eigenvalue weighted by Crippen LogP contribution is -2.20. The summed E-state index contributed by atoms with van der Waals surface area (Å²) in [6, 6.07) is 12.5. The molecule has 1 atom stereocenters. The molecule has 2 N–H and O–H groups in total. The van der Waals surface area contributed by atoms with Crippen LogP contribution in [0.15, 0.2) is 48.5 Å². The highest BCUT2D eigenvalue weighted by atomic mass is 16.6. The van der Waals surface area contributed by atoms with Crippen LogP contribution in [0.25, 0.3) is 0 Å². The van der Waals surface area contributed by atoms with Crippen molar-refractivity contribution in [2.45, 2.75) is 13.0 Å². The van der Waals surface area contributed by atoms with Gasteiger partial charge in [0, 0.05) is 23.2 Å². The predicted octanol–water partition coefficient (Wildman–Crippen LogP) is 2.62. The second-order valence-corrected chi connectivity index (χ2v) is 4.91. The number of nitro benzene ring substituents is 1. The number of rotatable bonds is 6. The zero-order valence-corrected chi connectivity index (χ0v) is 12.0. The zero-order chi connectivity index (χ0) is 16.1. The monoisotopic (exact) mass is 300 g/mol. The molecule has 0 saturated carbocycles. The van der Waals surface area contributed by atoms with E-state index in [9.17, 15) is 14.9 Å². The molecule has 0 aromatic heterocycles. The van der Waals surface area contributed by atoms with Gasteiger partial charge in [0.25, 0.3) is 5.69 Å². The molecule has 0 saturated heterocycles. The number of carbonyl (C=O) groups is 1. The first-order valence-electron chi connectivity index (χ1n) is 6.78. The first-order valence-corrected chi connectivity index (χ1v) is 6.78. The van der Waals surface area contributed by atoms with Gasteiger partial charge in [-0.15, -0.1) is 0 Å². The van der Waals surface area contributed by atoms with Crippen molar-refractivity contribution in [2.24, 2.45) is 0 Å². The van der Waals surface area contributed by atoms with Gasteiger partial charge in [-0.05, 0) is 19.1 Å². The van der Waals surface area contributed by atoms with E-state index in [4.69, 9.17) is 5.11 Å². The summed E-state index contributed by atoms with van der Waals surface area (Å²) in [7, 11) is 0. The van der Waals surface area contributed by atoms with Crippen LogP contribution in [0.1, 0.15) is 22.8 Å². The first kappa shape index (κ1) is 15.7. The van der Waals surface area contributed by atoms with Crippen molar-refractivity contribution in [3.05, 3.63) is 69.8 Å². The lowest BCUT2D eigenvalue weighted by atomic mass is 10.0. The Kier molecular flexibility index (Phi) is 4.85. The minimum atomic E-state index is -0.547. The van der Waals surface area contributed by atoms with Gasteiger partial charge in [-0.2, -0.15) is 0 Å². The van der Waals surface area contributed by atoms with Gasteiger partial charge in [0.05, 0.1) is 11.5 Å². The Morgan fingerprint density at radius 3 is 2.50 bits per heavy atom. The molecule has 0 amide bonds. The predicted molar refractivity (Wildman–Crippen MR) is 83.1 cm³/mol.